The first-order chi connectivity index (χ1) is 16.4. The second-order valence-electron chi connectivity index (χ2n) is 8.04. The van der Waals surface area contributed by atoms with Crippen LogP contribution < -0.4 is 15.6 Å². The Morgan fingerprint density at radius 1 is 1.03 bits per heavy atom. The van der Waals surface area contributed by atoms with Crippen molar-refractivity contribution in [1.82, 2.24) is 20.1 Å². The van der Waals surface area contributed by atoms with Crippen LogP contribution in [0.5, 0.6) is 5.75 Å². The molecule has 8 heteroatoms. The number of benzene rings is 2. The molecule has 0 saturated carbocycles. The van der Waals surface area contributed by atoms with E-state index >= 15 is 0 Å². The maximum Gasteiger partial charge on any atom is 0.266 e. The van der Waals surface area contributed by atoms with Crippen molar-refractivity contribution in [3.63, 3.8) is 0 Å². The van der Waals surface area contributed by atoms with E-state index in [-0.39, 0.29) is 31.2 Å². The molecule has 4 aromatic rings. The molecule has 0 aliphatic heterocycles. The molecule has 4 rings (SSSR count). The van der Waals surface area contributed by atoms with Gasteiger partial charge in [0.05, 0.1) is 17.1 Å². The molecule has 0 spiro atoms. The number of ether oxygens (including phenoxy) is 1. The first kappa shape index (κ1) is 23.4. The summed E-state index contributed by atoms with van der Waals surface area (Å²) in [6, 6.07) is 19.0. The zero-order chi connectivity index (χ0) is 24.1. The molecular formula is C26H26N4O3S. The fourth-order valence-corrected chi connectivity index (χ4v) is 4.62. The number of carbonyl (C=O) groups excluding carboxylic acids is 1. The molecule has 0 aliphatic rings. The van der Waals surface area contributed by atoms with Crippen LogP contribution in [0.1, 0.15) is 16.8 Å². The first-order valence-electron chi connectivity index (χ1n) is 11.0. The third kappa shape index (κ3) is 5.77. The first-order valence-corrected chi connectivity index (χ1v) is 11.8. The van der Waals surface area contributed by atoms with Crippen LogP contribution in [0.2, 0.25) is 0 Å². The van der Waals surface area contributed by atoms with Gasteiger partial charge in [0.25, 0.3) is 11.5 Å². The van der Waals surface area contributed by atoms with E-state index in [4.69, 9.17) is 4.74 Å². The average molecular weight is 475 g/mol. The minimum atomic E-state index is -0.255. The quantitative estimate of drug-likeness (QED) is 0.415. The summed E-state index contributed by atoms with van der Waals surface area (Å²) in [7, 11) is 0. The van der Waals surface area contributed by atoms with Gasteiger partial charge in [0, 0.05) is 18.2 Å². The molecule has 1 N–H and O–H groups in total. The smallest absolute Gasteiger partial charge is 0.266 e. The molecular weight excluding hydrogens is 448 g/mol. The molecule has 0 saturated heterocycles. The predicted molar refractivity (Wildman–Crippen MR) is 134 cm³/mol. The Morgan fingerprint density at radius 2 is 1.76 bits per heavy atom. The van der Waals surface area contributed by atoms with Crippen LogP contribution in [0, 0.1) is 20.8 Å². The number of amides is 1. The number of aryl methyl sites for hydroxylation is 3. The van der Waals surface area contributed by atoms with Gasteiger partial charge >= 0.3 is 0 Å². The van der Waals surface area contributed by atoms with Crippen LogP contribution in [-0.4, -0.2) is 33.8 Å². The SMILES string of the molecule is Cc1cc(C)cc(OCC(=O)NCCn2nc(-c3sc(-c4ccccc4)nc3C)ccc2=O)c1. The lowest BCUT2D eigenvalue weighted by molar-refractivity contribution is -0.123. The maximum atomic E-state index is 12.3. The van der Waals surface area contributed by atoms with Gasteiger partial charge in [-0.3, -0.25) is 9.59 Å². The van der Waals surface area contributed by atoms with Crippen LogP contribution in [0.3, 0.4) is 0 Å². The third-order valence-electron chi connectivity index (χ3n) is 5.13. The van der Waals surface area contributed by atoms with Crippen molar-refractivity contribution in [2.24, 2.45) is 0 Å². The maximum absolute atomic E-state index is 12.3. The molecule has 0 radical (unpaired) electrons. The van der Waals surface area contributed by atoms with Crippen molar-refractivity contribution in [3.05, 3.63) is 87.8 Å². The molecule has 0 fully saturated rings. The predicted octanol–water partition coefficient (Wildman–Crippen LogP) is 4.15. The Morgan fingerprint density at radius 3 is 2.50 bits per heavy atom. The Labute approximate surface area is 202 Å². The van der Waals surface area contributed by atoms with Gasteiger partial charge in [-0.25, -0.2) is 9.67 Å². The van der Waals surface area contributed by atoms with Crippen molar-refractivity contribution < 1.29 is 9.53 Å². The molecule has 0 bridgehead atoms. The van der Waals surface area contributed by atoms with Crippen LogP contribution in [0.15, 0.2) is 65.5 Å². The Balaban J connectivity index is 1.38. The van der Waals surface area contributed by atoms with E-state index in [0.29, 0.717) is 11.4 Å². The van der Waals surface area contributed by atoms with Gasteiger partial charge in [-0.2, -0.15) is 5.10 Å². The van der Waals surface area contributed by atoms with E-state index < -0.39 is 0 Å². The van der Waals surface area contributed by atoms with Gasteiger partial charge in [0.2, 0.25) is 0 Å². The third-order valence-corrected chi connectivity index (χ3v) is 6.36. The van der Waals surface area contributed by atoms with E-state index in [1.807, 2.05) is 69.3 Å². The molecule has 34 heavy (non-hydrogen) atoms. The van der Waals surface area contributed by atoms with Gasteiger partial charge in [-0.1, -0.05) is 36.4 Å². The lowest BCUT2D eigenvalue weighted by Crippen LogP contribution is -2.34. The zero-order valence-corrected chi connectivity index (χ0v) is 20.2. The van der Waals surface area contributed by atoms with Crippen molar-refractivity contribution in [2.45, 2.75) is 27.3 Å². The van der Waals surface area contributed by atoms with Crippen molar-refractivity contribution in [2.75, 3.05) is 13.2 Å². The molecule has 2 aromatic heterocycles. The molecule has 174 valence electrons. The normalized spacial score (nSPS) is 10.8. The number of hydrogen-bond donors (Lipinski definition) is 1. The molecule has 2 aromatic carbocycles. The topological polar surface area (TPSA) is 86.1 Å². The Bertz CT molecular complexity index is 1340. The fraction of sp³-hybridized carbons (Fsp3) is 0.231. The Hall–Kier alpha value is -3.78. The van der Waals surface area contributed by atoms with Crippen molar-refractivity contribution in [3.8, 4) is 26.9 Å². The number of aromatic nitrogens is 3. The van der Waals surface area contributed by atoms with Crippen LogP contribution in [-0.2, 0) is 11.3 Å². The summed E-state index contributed by atoms with van der Waals surface area (Å²) in [4.78, 5) is 30.1. The summed E-state index contributed by atoms with van der Waals surface area (Å²) in [6.45, 7) is 6.33. The molecule has 7 nitrogen and oxygen atoms in total. The standard InChI is InChI=1S/C26H26N4O3S/c1-17-13-18(2)15-21(14-17)33-16-23(31)27-11-12-30-24(32)10-9-22(29-30)25-19(3)28-26(34-25)20-7-5-4-6-8-20/h4-10,13-15H,11-12,16H2,1-3H3,(H,27,31). The number of thiazole rings is 1. The molecule has 0 unspecified atom stereocenters. The number of hydrogen-bond acceptors (Lipinski definition) is 6. The molecule has 2 heterocycles. The number of carbonyl (C=O) groups is 1. The van der Waals surface area contributed by atoms with E-state index in [1.54, 1.807) is 17.4 Å². The van der Waals surface area contributed by atoms with Gasteiger partial charge in [0.15, 0.2) is 6.61 Å². The number of nitrogens with one attached hydrogen (secondary N) is 1. The summed E-state index contributed by atoms with van der Waals surface area (Å²) in [5.41, 5.74) is 4.51. The van der Waals surface area contributed by atoms with Crippen molar-refractivity contribution in [1.29, 1.82) is 0 Å². The molecule has 1 amide bonds. The second kappa shape index (κ2) is 10.4. The zero-order valence-electron chi connectivity index (χ0n) is 19.4. The highest BCUT2D eigenvalue weighted by Crippen LogP contribution is 2.33. The van der Waals surface area contributed by atoms with Crippen LogP contribution >= 0.6 is 11.3 Å². The summed E-state index contributed by atoms with van der Waals surface area (Å²) in [5.74, 6) is 0.405. The molecule has 0 atom stereocenters. The van der Waals surface area contributed by atoms with Gasteiger partial charge in [-0.15, -0.1) is 11.3 Å². The van der Waals surface area contributed by atoms with Gasteiger partial charge in [-0.05, 0) is 50.1 Å². The summed E-state index contributed by atoms with van der Waals surface area (Å²) >= 11 is 1.54. The summed E-state index contributed by atoms with van der Waals surface area (Å²) in [5, 5.41) is 8.20. The second-order valence-corrected chi connectivity index (χ2v) is 9.04. The highest BCUT2D eigenvalue weighted by atomic mass is 32.1. The monoisotopic (exact) mass is 474 g/mol. The molecule has 0 aliphatic carbocycles. The van der Waals surface area contributed by atoms with E-state index in [1.165, 1.54) is 10.7 Å². The number of rotatable bonds is 8. The van der Waals surface area contributed by atoms with E-state index in [9.17, 15) is 9.59 Å². The van der Waals surface area contributed by atoms with E-state index in [0.717, 1.165) is 32.3 Å². The lowest BCUT2D eigenvalue weighted by Gasteiger charge is -2.10. The van der Waals surface area contributed by atoms with Crippen molar-refractivity contribution >= 4 is 17.2 Å². The summed E-state index contributed by atoms with van der Waals surface area (Å²) < 4.78 is 6.95. The highest BCUT2D eigenvalue weighted by molar-refractivity contribution is 7.18. The van der Waals surface area contributed by atoms with Crippen LogP contribution in [0.4, 0.5) is 0 Å². The average Bonchev–Trinajstić information content (AvgIpc) is 3.20. The van der Waals surface area contributed by atoms with Gasteiger partial charge < -0.3 is 10.1 Å². The minimum absolute atomic E-state index is 0.0897. The van der Waals surface area contributed by atoms with Gasteiger partial charge in [0.1, 0.15) is 16.5 Å². The van der Waals surface area contributed by atoms with E-state index in [2.05, 4.69) is 15.4 Å². The Kier molecular flexibility index (Phi) is 7.18. The number of nitrogens with zero attached hydrogens (tertiary/aromatic N) is 3. The summed E-state index contributed by atoms with van der Waals surface area (Å²) in [6.07, 6.45) is 0. The largest absolute Gasteiger partial charge is 0.484 e. The fourth-order valence-electron chi connectivity index (χ4n) is 3.59. The lowest BCUT2D eigenvalue weighted by atomic mass is 10.1. The highest BCUT2D eigenvalue weighted by Gasteiger charge is 2.14. The van der Waals surface area contributed by atoms with Crippen LogP contribution in [0.25, 0.3) is 21.1 Å². The minimum Gasteiger partial charge on any atom is -0.484 e.